The van der Waals surface area contributed by atoms with E-state index in [0.717, 1.165) is 0 Å². The van der Waals surface area contributed by atoms with Crippen molar-refractivity contribution in [1.29, 1.82) is 0 Å². The van der Waals surface area contributed by atoms with E-state index in [1.54, 1.807) is 19.1 Å². The van der Waals surface area contributed by atoms with Crippen LogP contribution in [0.15, 0.2) is 12.2 Å². The quantitative estimate of drug-likeness (QED) is 0.508. The molecule has 1 rings (SSSR count). The molecule has 0 bridgehead atoms. The summed E-state index contributed by atoms with van der Waals surface area (Å²) in [5, 5.41) is 29.7. The SMILES string of the molecule is CC[C@@H](O)[C@@H](C)/C=C\[C@@H](O)C[C@@H]1OC(=O)[C@H](C)[C@@H](O)[C@H]1C. The number of esters is 1. The maximum Gasteiger partial charge on any atom is 0.311 e. The van der Waals surface area contributed by atoms with Gasteiger partial charge in [0.05, 0.1) is 24.2 Å². The van der Waals surface area contributed by atoms with E-state index < -0.39 is 36.3 Å². The van der Waals surface area contributed by atoms with Gasteiger partial charge in [0, 0.05) is 18.3 Å². The second kappa shape index (κ2) is 7.92. The Balaban J connectivity index is 2.56. The van der Waals surface area contributed by atoms with Crippen molar-refractivity contribution in [2.75, 3.05) is 0 Å². The van der Waals surface area contributed by atoms with Crippen molar-refractivity contribution in [3.63, 3.8) is 0 Å². The van der Waals surface area contributed by atoms with Gasteiger partial charge in [0.15, 0.2) is 0 Å². The van der Waals surface area contributed by atoms with Crippen LogP contribution < -0.4 is 0 Å². The summed E-state index contributed by atoms with van der Waals surface area (Å²) in [5.74, 6) is -1.19. The van der Waals surface area contributed by atoms with Gasteiger partial charge < -0.3 is 20.1 Å². The van der Waals surface area contributed by atoms with Gasteiger partial charge in [0.25, 0.3) is 0 Å². The summed E-state index contributed by atoms with van der Waals surface area (Å²) in [6.07, 6.45) is 1.87. The number of aliphatic hydroxyl groups excluding tert-OH is 3. The Hall–Kier alpha value is -0.910. The number of hydrogen-bond donors (Lipinski definition) is 3. The van der Waals surface area contributed by atoms with Crippen molar-refractivity contribution in [2.45, 2.75) is 65.0 Å². The Morgan fingerprint density at radius 2 is 1.90 bits per heavy atom. The van der Waals surface area contributed by atoms with Crippen LogP contribution in [0.3, 0.4) is 0 Å². The Bertz CT molecular complexity index is 368. The molecule has 0 aromatic heterocycles. The molecular weight excluding hydrogens is 272 g/mol. The van der Waals surface area contributed by atoms with E-state index in [4.69, 9.17) is 4.74 Å². The summed E-state index contributed by atoms with van der Waals surface area (Å²) >= 11 is 0. The second-order valence-corrected chi connectivity index (χ2v) is 6.14. The van der Waals surface area contributed by atoms with E-state index in [9.17, 15) is 20.1 Å². The maximum absolute atomic E-state index is 11.6. The van der Waals surface area contributed by atoms with E-state index in [1.807, 2.05) is 20.8 Å². The summed E-state index contributed by atoms with van der Waals surface area (Å²) in [4.78, 5) is 11.6. The van der Waals surface area contributed by atoms with Gasteiger partial charge in [-0.15, -0.1) is 0 Å². The van der Waals surface area contributed by atoms with E-state index >= 15 is 0 Å². The molecule has 1 aliphatic rings. The Labute approximate surface area is 126 Å². The number of carbonyl (C=O) groups is 1. The smallest absolute Gasteiger partial charge is 0.311 e. The van der Waals surface area contributed by atoms with Gasteiger partial charge in [-0.2, -0.15) is 0 Å². The molecule has 3 N–H and O–H groups in total. The minimum absolute atomic E-state index is 0.0402. The average molecular weight is 300 g/mol. The van der Waals surface area contributed by atoms with Crippen LogP contribution in [0.2, 0.25) is 0 Å². The minimum Gasteiger partial charge on any atom is -0.462 e. The fraction of sp³-hybridized carbons (Fsp3) is 0.812. The molecule has 0 amide bonds. The maximum atomic E-state index is 11.6. The van der Waals surface area contributed by atoms with Crippen molar-refractivity contribution < 1.29 is 24.9 Å². The van der Waals surface area contributed by atoms with Crippen LogP contribution in [0.25, 0.3) is 0 Å². The molecule has 0 aromatic rings. The van der Waals surface area contributed by atoms with Crippen molar-refractivity contribution in [3.8, 4) is 0 Å². The standard InChI is InChI=1S/C16H28O5/c1-5-13(18)9(2)6-7-12(17)8-14-10(3)15(19)11(4)16(20)21-14/h6-7,9-15,17-19H,5,8H2,1-4H3/b7-6-/t9-,10-,11+,12+,13+,14-,15-/m0/s1. The van der Waals surface area contributed by atoms with Crippen molar-refractivity contribution in [3.05, 3.63) is 12.2 Å². The van der Waals surface area contributed by atoms with Gasteiger partial charge in [0.1, 0.15) is 6.10 Å². The molecule has 0 aromatic carbocycles. The summed E-state index contributed by atoms with van der Waals surface area (Å²) in [7, 11) is 0. The summed E-state index contributed by atoms with van der Waals surface area (Å²) in [6, 6.07) is 0. The van der Waals surface area contributed by atoms with Crippen molar-refractivity contribution in [1.82, 2.24) is 0 Å². The zero-order chi connectivity index (χ0) is 16.2. The second-order valence-electron chi connectivity index (χ2n) is 6.14. The van der Waals surface area contributed by atoms with E-state index in [1.165, 1.54) is 0 Å². The first-order valence-corrected chi connectivity index (χ1v) is 7.70. The third-order valence-electron chi connectivity index (χ3n) is 4.41. The van der Waals surface area contributed by atoms with Crippen LogP contribution in [-0.2, 0) is 9.53 Å². The van der Waals surface area contributed by atoms with E-state index in [0.29, 0.717) is 6.42 Å². The molecule has 0 spiro atoms. The highest BCUT2D eigenvalue weighted by Crippen LogP contribution is 2.29. The fourth-order valence-electron chi connectivity index (χ4n) is 2.56. The minimum atomic E-state index is -0.766. The zero-order valence-corrected chi connectivity index (χ0v) is 13.3. The molecular formula is C16H28O5. The molecule has 0 radical (unpaired) electrons. The average Bonchev–Trinajstić information content (AvgIpc) is 2.47. The Kier molecular flexibility index (Phi) is 6.84. The van der Waals surface area contributed by atoms with Crippen LogP contribution in [0.4, 0.5) is 0 Å². The molecule has 7 atom stereocenters. The van der Waals surface area contributed by atoms with Crippen molar-refractivity contribution in [2.24, 2.45) is 17.8 Å². The van der Waals surface area contributed by atoms with Crippen molar-refractivity contribution >= 4 is 5.97 Å². The lowest BCUT2D eigenvalue weighted by atomic mass is 9.84. The third-order valence-corrected chi connectivity index (χ3v) is 4.41. The molecule has 21 heavy (non-hydrogen) atoms. The van der Waals surface area contributed by atoms with Crippen LogP contribution in [0, 0.1) is 17.8 Å². The van der Waals surface area contributed by atoms with Gasteiger partial charge in [-0.1, -0.05) is 32.9 Å². The van der Waals surface area contributed by atoms with E-state index in [2.05, 4.69) is 0 Å². The number of aliphatic hydroxyl groups is 3. The molecule has 5 heteroatoms. The molecule has 1 aliphatic heterocycles. The number of carbonyl (C=O) groups excluding carboxylic acids is 1. The molecule has 122 valence electrons. The molecule has 1 fully saturated rings. The highest BCUT2D eigenvalue weighted by molar-refractivity contribution is 5.73. The van der Waals surface area contributed by atoms with Crippen LogP contribution in [0.5, 0.6) is 0 Å². The van der Waals surface area contributed by atoms with Crippen LogP contribution in [0.1, 0.15) is 40.5 Å². The summed E-state index contributed by atoms with van der Waals surface area (Å²) in [5.41, 5.74) is 0. The lowest BCUT2D eigenvalue weighted by Gasteiger charge is -2.36. The van der Waals surface area contributed by atoms with E-state index in [-0.39, 0.29) is 18.3 Å². The number of ether oxygens (including phenoxy) is 1. The molecule has 1 heterocycles. The van der Waals surface area contributed by atoms with Gasteiger partial charge in [-0.25, -0.2) is 0 Å². The van der Waals surface area contributed by atoms with Gasteiger partial charge >= 0.3 is 5.97 Å². The number of hydrogen-bond acceptors (Lipinski definition) is 5. The lowest BCUT2D eigenvalue weighted by molar-refractivity contribution is -0.179. The normalized spacial score (nSPS) is 34.5. The Morgan fingerprint density at radius 1 is 1.29 bits per heavy atom. The first-order valence-electron chi connectivity index (χ1n) is 7.70. The van der Waals surface area contributed by atoms with Gasteiger partial charge in [-0.05, 0) is 13.3 Å². The van der Waals surface area contributed by atoms with Gasteiger partial charge in [0.2, 0.25) is 0 Å². The van der Waals surface area contributed by atoms with Gasteiger partial charge in [-0.3, -0.25) is 4.79 Å². The zero-order valence-electron chi connectivity index (χ0n) is 13.3. The first kappa shape index (κ1) is 18.1. The summed E-state index contributed by atoms with van der Waals surface area (Å²) < 4.78 is 5.29. The Morgan fingerprint density at radius 3 is 2.48 bits per heavy atom. The molecule has 1 saturated heterocycles. The molecule has 0 saturated carbocycles. The molecule has 0 aliphatic carbocycles. The first-order chi connectivity index (χ1) is 9.77. The fourth-order valence-corrected chi connectivity index (χ4v) is 2.56. The predicted octanol–water partition coefficient (Wildman–Crippen LogP) is 1.26. The molecule has 5 nitrogen and oxygen atoms in total. The third kappa shape index (κ3) is 4.80. The topological polar surface area (TPSA) is 87.0 Å². The monoisotopic (exact) mass is 300 g/mol. The molecule has 0 unspecified atom stereocenters. The summed E-state index contributed by atoms with van der Waals surface area (Å²) in [6.45, 7) is 7.24. The largest absolute Gasteiger partial charge is 0.462 e. The highest BCUT2D eigenvalue weighted by Gasteiger charge is 2.40. The number of rotatable bonds is 6. The predicted molar refractivity (Wildman–Crippen MR) is 79.4 cm³/mol. The highest BCUT2D eigenvalue weighted by atomic mass is 16.5. The number of cyclic esters (lactones) is 1. The van der Waals surface area contributed by atoms with Crippen LogP contribution >= 0.6 is 0 Å². The lowest BCUT2D eigenvalue weighted by Crippen LogP contribution is -2.47. The van der Waals surface area contributed by atoms with Crippen LogP contribution in [-0.4, -0.2) is 45.7 Å².